The molecule has 1 heterocycles. The van der Waals surface area contributed by atoms with Gasteiger partial charge in [0.1, 0.15) is 5.60 Å². The summed E-state index contributed by atoms with van der Waals surface area (Å²) in [5.74, 6) is 0.722. The van der Waals surface area contributed by atoms with E-state index in [0.717, 1.165) is 49.3 Å². The van der Waals surface area contributed by atoms with Crippen LogP contribution in [0.3, 0.4) is 0 Å². The quantitative estimate of drug-likeness (QED) is 0.281. The number of hydrogen-bond donors (Lipinski definition) is 3. The Hall–Kier alpha value is -3.15. The molecule has 212 valence electrons. The molecule has 0 bridgehead atoms. The van der Waals surface area contributed by atoms with Gasteiger partial charge in [0, 0.05) is 12.1 Å². The average Bonchev–Trinajstić information content (AvgIpc) is 3.01. The molecule has 3 aromatic rings. The van der Waals surface area contributed by atoms with E-state index in [4.69, 9.17) is 0 Å². The van der Waals surface area contributed by atoms with Crippen molar-refractivity contribution < 1.29 is 9.90 Å². The van der Waals surface area contributed by atoms with Crippen molar-refractivity contribution in [2.75, 3.05) is 13.1 Å². The molecule has 2 fully saturated rings. The molecule has 5 heteroatoms. The van der Waals surface area contributed by atoms with Crippen LogP contribution in [0.15, 0.2) is 91.0 Å². The third-order valence-corrected chi connectivity index (χ3v) is 9.21. The van der Waals surface area contributed by atoms with E-state index in [1.54, 1.807) is 0 Å². The summed E-state index contributed by atoms with van der Waals surface area (Å²) >= 11 is 0. The molecule has 5 nitrogen and oxygen atoms in total. The van der Waals surface area contributed by atoms with E-state index in [0.29, 0.717) is 6.04 Å². The number of carbonyl (C=O) groups excluding carboxylic acids is 1. The summed E-state index contributed by atoms with van der Waals surface area (Å²) in [6.07, 6.45) is 9.45. The number of piperidine rings is 1. The standard InChI is InChI=1S/C35H45N3O2/c1-27(35(40,30-15-7-3-8-16-30)31-17-9-4-10-18-31)36-34(39)37-32-22-20-28(21-23-32)24-26-38-25-12-11-19-33(38)29-13-5-2-6-14-29/h2-10,13-18,27-28,32-33,40H,11-12,19-26H2,1H3,(H2,36,37,39)/t27-,28?,32?,33?/m1/s1. The van der Waals surface area contributed by atoms with Gasteiger partial charge in [-0.05, 0) is 87.6 Å². The summed E-state index contributed by atoms with van der Waals surface area (Å²) in [5, 5.41) is 18.2. The fourth-order valence-electron chi connectivity index (χ4n) is 6.83. The normalized spacial score (nSPS) is 22.8. The molecule has 1 aliphatic heterocycles. The molecule has 1 aliphatic carbocycles. The van der Waals surface area contributed by atoms with E-state index in [-0.39, 0.29) is 12.1 Å². The molecule has 1 unspecified atom stereocenters. The second kappa shape index (κ2) is 13.5. The lowest BCUT2D eigenvalue weighted by atomic mass is 9.81. The van der Waals surface area contributed by atoms with Crippen molar-refractivity contribution >= 4 is 6.03 Å². The SMILES string of the molecule is C[C@@H](NC(=O)NC1CCC(CCN2CCCCC2c2ccccc2)CC1)C(O)(c1ccccc1)c1ccccc1. The van der Waals surface area contributed by atoms with E-state index < -0.39 is 11.6 Å². The van der Waals surface area contributed by atoms with Crippen LogP contribution >= 0.6 is 0 Å². The zero-order valence-corrected chi connectivity index (χ0v) is 23.8. The summed E-state index contributed by atoms with van der Waals surface area (Å²) in [7, 11) is 0. The van der Waals surface area contributed by atoms with Crippen LogP contribution in [0.5, 0.6) is 0 Å². The molecule has 0 aromatic heterocycles. The van der Waals surface area contributed by atoms with Crippen LogP contribution in [0.4, 0.5) is 4.79 Å². The molecule has 3 N–H and O–H groups in total. The fraction of sp³-hybridized carbons (Fsp3) is 0.457. The monoisotopic (exact) mass is 539 g/mol. The molecule has 5 rings (SSSR count). The number of likely N-dealkylation sites (tertiary alicyclic amines) is 1. The first kappa shape index (κ1) is 28.4. The Balaban J connectivity index is 1.11. The molecule has 3 aromatic carbocycles. The van der Waals surface area contributed by atoms with Gasteiger partial charge in [-0.15, -0.1) is 0 Å². The molecule has 2 amide bonds. The van der Waals surface area contributed by atoms with Crippen molar-refractivity contribution in [3.05, 3.63) is 108 Å². The van der Waals surface area contributed by atoms with Crippen LogP contribution in [-0.4, -0.2) is 41.2 Å². The Morgan fingerprint density at radius 3 is 2.02 bits per heavy atom. The minimum atomic E-state index is -1.33. The predicted molar refractivity (Wildman–Crippen MR) is 162 cm³/mol. The van der Waals surface area contributed by atoms with Gasteiger partial charge >= 0.3 is 6.03 Å². The van der Waals surface area contributed by atoms with E-state index in [9.17, 15) is 9.90 Å². The van der Waals surface area contributed by atoms with Crippen LogP contribution in [0, 0.1) is 5.92 Å². The molecule has 2 atom stereocenters. The Labute approximate surface area is 240 Å². The van der Waals surface area contributed by atoms with Crippen LogP contribution < -0.4 is 10.6 Å². The van der Waals surface area contributed by atoms with E-state index in [1.165, 1.54) is 37.8 Å². The second-order valence-corrected chi connectivity index (χ2v) is 11.8. The zero-order chi connectivity index (χ0) is 27.8. The number of nitrogens with one attached hydrogen (secondary N) is 2. The largest absolute Gasteiger partial charge is 0.378 e. The lowest BCUT2D eigenvalue weighted by Gasteiger charge is -2.38. The smallest absolute Gasteiger partial charge is 0.315 e. The van der Waals surface area contributed by atoms with Crippen molar-refractivity contribution in [2.24, 2.45) is 5.92 Å². The number of nitrogens with zero attached hydrogens (tertiary/aromatic N) is 1. The minimum absolute atomic E-state index is 0.178. The number of carbonyl (C=O) groups is 1. The van der Waals surface area contributed by atoms with Gasteiger partial charge in [-0.2, -0.15) is 0 Å². The molecule has 0 spiro atoms. The summed E-state index contributed by atoms with van der Waals surface area (Å²) in [4.78, 5) is 15.8. The van der Waals surface area contributed by atoms with Crippen LogP contribution in [0.1, 0.15) is 81.0 Å². The highest BCUT2D eigenvalue weighted by molar-refractivity contribution is 5.75. The number of urea groups is 1. The van der Waals surface area contributed by atoms with Gasteiger partial charge in [-0.3, -0.25) is 4.90 Å². The summed E-state index contributed by atoms with van der Waals surface area (Å²) in [5.41, 5.74) is 1.65. The number of rotatable bonds is 9. The molecule has 1 saturated carbocycles. The van der Waals surface area contributed by atoms with Crippen LogP contribution in [-0.2, 0) is 5.60 Å². The highest BCUT2D eigenvalue weighted by Crippen LogP contribution is 2.34. The van der Waals surface area contributed by atoms with Gasteiger partial charge in [0.15, 0.2) is 0 Å². The van der Waals surface area contributed by atoms with Gasteiger partial charge in [-0.25, -0.2) is 4.79 Å². The molecule has 0 radical (unpaired) electrons. The first-order valence-corrected chi connectivity index (χ1v) is 15.2. The van der Waals surface area contributed by atoms with Crippen molar-refractivity contribution in [1.29, 1.82) is 0 Å². The number of aliphatic hydroxyl groups is 1. The van der Waals surface area contributed by atoms with Gasteiger partial charge in [0.25, 0.3) is 0 Å². The van der Waals surface area contributed by atoms with Crippen LogP contribution in [0.25, 0.3) is 0 Å². The third-order valence-electron chi connectivity index (χ3n) is 9.21. The number of amides is 2. The summed E-state index contributed by atoms with van der Waals surface area (Å²) < 4.78 is 0. The topological polar surface area (TPSA) is 64.6 Å². The highest BCUT2D eigenvalue weighted by atomic mass is 16.3. The Morgan fingerprint density at radius 1 is 0.850 bits per heavy atom. The summed E-state index contributed by atoms with van der Waals surface area (Å²) in [6, 6.07) is 30.2. The fourth-order valence-corrected chi connectivity index (χ4v) is 6.83. The maximum atomic E-state index is 13.1. The summed E-state index contributed by atoms with van der Waals surface area (Å²) in [6.45, 7) is 4.24. The molecular formula is C35H45N3O2. The number of benzene rings is 3. The zero-order valence-electron chi connectivity index (χ0n) is 23.8. The maximum absolute atomic E-state index is 13.1. The van der Waals surface area contributed by atoms with Crippen molar-refractivity contribution in [2.45, 2.75) is 82.0 Å². The third kappa shape index (κ3) is 6.76. The lowest BCUT2D eigenvalue weighted by Crippen LogP contribution is -2.54. The predicted octanol–water partition coefficient (Wildman–Crippen LogP) is 6.79. The van der Waals surface area contributed by atoms with Gasteiger partial charge in [-0.1, -0.05) is 97.4 Å². The molecular weight excluding hydrogens is 494 g/mol. The van der Waals surface area contributed by atoms with E-state index >= 15 is 0 Å². The Morgan fingerprint density at radius 2 is 1.43 bits per heavy atom. The average molecular weight is 540 g/mol. The number of hydrogen-bond acceptors (Lipinski definition) is 3. The first-order valence-electron chi connectivity index (χ1n) is 15.2. The van der Waals surface area contributed by atoms with E-state index in [1.807, 2.05) is 67.6 Å². The van der Waals surface area contributed by atoms with E-state index in [2.05, 4.69) is 45.9 Å². The highest BCUT2D eigenvalue weighted by Gasteiger charge is 2.39. The van der Waals surface area contributed by atoms with Crippen molar-refractivity contribution in [1.82, 2.24) is 15.5 Å². The minimum Gasteiger partial charge on any atom is -0.378 e. The molecule has 2 aliphatic rings. The van der Waals surface area contributed by atoms with Crippen molar-refractivity contribution in [3.63, 3.8) is 0 Å². The molecule has 40 heavy (non-hydrogen) atoms. The Kier molecular flexibility index (Phi) is 9.56. The lowest BCUT2D eigenvalue weighted by molar-refractivity contribution is 0.0470. The van der Waals surface area contributed by atoms with Crippen molar-refractivity contribution in [3.8, 4) is 0 Å². The van der Waals surface area contributed by atoms with Gasteiger partial charge in [0.05, 0.1) is 6.04 Å². The maximum Gasteiger partial charge on any atom is 0.315 e. The Bertz CT molecular complexity index is 1140. The van der Waals surface area contributed by atoms with Crippen LogP contribution in [0.2, 0.25) is 0 Å². The van der Waals surface area contributed by atoms with Gasteiger partial charge < -0.3 is 15.7 Å². The second-order valence-electron chi connectivity index (χ2n) is 11.8. The van der Waals surface area contributed by atoms with Gasteiger partial charge in [0.2, 0.25) is 0 Å². The molecule has 1 saturated heterocycles. The first-order chi connectivity index (χ1) is 19.5.